The highest BCUT2D eigenvalue weighted by Crippen LogP contribution is 2.25. The Morgan fingerprint density at radius 2 is 2.05 bits per heavy atom. The Balaban J connectivity index is 3.11. The fourth-order valence-electron chi connectivity index (χ4n) is 1.29. The lowest BCUT2D eigenvalue weighted by Crippen LogP contribution is -2.43. The molecule has 1 aromatic carbocycles. The van der Waals surface area contributed by atoms with Crippen molar-refractivity contribution in [1.82, 2.24) is 0 Å². The van der Waals surface area contributed by atoms with Crippen LogP contribution in [-0.2, 0) is 14.6 Å². The van der Waals surface area contributed by atoms with E-state index in [-0.39, 0.29) is 6.54 Å². The van der Waals surface area contributed by atoms with Crippen molar-refractivity contribution in [3.8, 4) is 11.8 Å². The van der Waals surface area contributed by atoms with E-state index in [1.807, 2.05) is 0 Å². The zero-order valence-electron chi connectivity index (χ0n) is 12.0. The second kappa shape index (κ2) is 6.48. The number of carbonyl (C=O) groups is 1. The van der Waals surface area contributed by atoms with Crippen LogP contribution in [0, 0.1) is 11.8 Å². The molecule has 21 heavy (non-hydrogen) atoms. The van der Waals surface area contributed by atoms with Crippen molar-refractivity contribution in [2.24, 2.45) is 5.73 Å². The maximum atomic E-state index is 12.2. The minimum Gasteiger partial charge on any atom is -0.323 e. The first-order chi connectivity index (χ1) is 9.59. The van der Waals surface area contributed by atoms with Gasteiger partial charge in [0.05, 0.1) is 17.3 Å². The highest BCUT2D eigenvalue weighted by Gasteiger charge is 2.38. The second-order valence-electron chi connectivity index (χ2n) is 4.94. The van der Waals surface area contributed by atoms with Crippen molar-refractivity contribution >= 4 is 33.0 Å². The van der Waals surface area contributed by atoms with Crippen molar-refractivity contribution in [2.45, 2.75) is 18.6 Å². The molecule has 0 heterocycles. The number of nitrogens with two attached hydrogens (primary N) is 1. The predicted molar refractivity (Wildman–Crippen MR) is 84.9 cm³/mol. The van der Waals surface area contributed by atoms with Crippen molar-refractivity contribution < 1.29 is 13.2 Å². The maximum absolute atomic E-state index is 12.2. The number of benzene rings is 1. The van der Waals surface area contributed by atoms with E-state index in [4.69, 9.17) is 17.3 Å². The van der Waals surface area contributed by atoms with Gasteiger partial charge in [0.15, 0.2) is 9.84 Å². The number of halogens is 1. The first-order valence-corrected chi connectivity index (χ1v) is 8.36. The second-order valence-corrected chi connectivity index (χ2v) is 7.91. The van der Waals surface area contributed by atoms with Gasteiger partial charge >= 0.3 is 0 Å². The summed E-state index contributed by atoms with van der Waals surface area (Å²) in [5.74, 6) is 4.84. The van der Waals surface area contributed by atoms with Gasteiger partial charge in [0, 0.05) is 11.8 Å². The molecule has 0 unspecified atom stereocenters. The van der Waals surface area contributed by atoms with Crippen LogP contribution in [0.1, 0.15) is 19.4 Å². The molecular weight excluding hydrogens is 312 g/mol. The van der Waals surface area contributed by atoms with Crippen LogP contribution in [-0.4, -0.2) is 31.9 Å². The van der Waals surface area contributed by atoms with Crippen LogP contribution in [0.25, 0.3) is 0 Å². The summed E-state index contributed by atoms with van der Waals surface area (Å²) in [6.07, 6.45) is 1.01. The molecule has 0 bridgehead atoms. The molecule has 0 aliphatic heterocycles. The number of anilines is 1. The lowest BCUT2D eigenvalue weighted by atomic mass is 10.1. The first kappa shape index (κ1) is 17.5. The molecule has 0 atom stereocenters. The van der Waals surface area contributed by atoms with E-state index in [1.165, 1.54) is 13.8 Å². The number of amides is 1. The molecule has 0 fully saturated rings. The lowest BCUT2D eigenvalue weighted by Gasteiger charge is -2.21. The van der Waals surface area contributed by atoms with Gasteiger partial charge in [-0.1, -0.05) is 23.4 Å². The molecule has 0 aliphatic carbocycles. The van der Waals surface area contributed by atoms with Gasteiger partial charge in [-0.05, 0) is 32.0 Å². The minimum atomic E-state index is -3.56. The predicted octanol–water partition coefficient (Wildman–Crippen LogP) is 1.41. The van der Waals surface area contributed by atoms with Crippen LogP contribution in [0.4, 0.5) is 5.69 Å². The Bertz CT molecular complexity index is 715. The molecule has 1 aromatic rings. The summed E-state index contributed by atoms with van der Waals surface area (Å²) in [5, 5.41) is 2.82. The van der Waals surface area contributed by atoms with Crippen LogP contribution in [0.2, 0.25) is 5.02 Å². The molecule has 0 aliphatic rings. The minimum absolute atomic E-state index is 0.214. The first-order valence-electron chi connectivity index (χ1n) is 6.09. The molecule has 5 nitrogen and oxygen atoms in total. The molecular formula is C14H17ClN2O3S. The number of carbonyl (C=O) groups excluding carboxylic acids is 1. The van der Waals surface area contributed by atoms with Gasteiger partial charge < -0.3 is 11.1 Å². The molecule has 114 valence electrons. The Hall–Kier alpha value is -1.55. The Labute approximate surface area is 129 Å². The van der Waals surface area contributed by atoms with Crippen molar-refractivity contribution in [3.05, 3.63) is 28.8 Å². The van der Waals surface area contributed by atoms with Crippen LogP contribution >= 0.6 is 11.6 Å². The summed E-state index contributed by atoms with van der Waals surface area (Å²) >= 11 is 6.00. The Kier molecular flexibility index (Phi) is 5.40. The molecule has 7 heteroatoms. The molecule has 3 N–H and O–H groups in total. The largest absolute Gasteiger partial charge is 0.323 e. The van der Waals surface area contributed by atoms with Crippen LogP contribution in [0.3, 0.4) is 0 Å². The van der Waals surface area contributed by atoms with E-state index < -0.39 is 20.5 Å². The number of rotatable bonds is 3. The molecule has 0 spiro atoms. The van der Waals surface area contributed by atoms with Gasteiger partial charge in [-0.3, -0.25) is 4.79 Å². The van der Waals surface area contributed by atoms with Gasteiger partial charge in [-0.15, -0.1) is 0 Å². The van der Waals surface area contributed by atoms with Crippen LogP contribution in [0.15, 0.2) is 18.2 Å². The SMILES string of the molecule is CC(C)(C(=O)Nc1cc(C#CCN)ccc1Cl)S(C)(=O)=O. The Morgan fingerprint density at radius 3 is 2.57 bits per heavy atom. The lowest BCUT2D eigenvalue weighted by molar-refractivity contribution is -0.117. The summed E-state index contributed by atoms with van der Waals surface area (Å²) in [6.45, 7) is 2.89. The number of hydrogen-bond acceptors (Lipinski definition) is 4. The molecule has 0 radical (unpaired) electrons. The highest BCUT2D eigenvalue weighted by atomic mass is 35.5. The van der Waals surface area contributed by atoms with Gasteiger partial charge in [-0.2, -0.15) is 0 Å². The van der Waals surface area contributed by atoms with E-state index in [0.717, 1.165) is 6.26 Å². The summed E-state index contributed by atoms with van der Waals surface area (Å²) in [4.78, 5) is 12.2. The van der Waals surface area contributed by atoms with Gasteiger partial charge in [0.2, 0.25) is 5.91 Å². The van der Waals surface area contributed by atoms with E-state index in [1.54, 1.807) is 18.2 Å². The smallest absolute Gasteiger partial charge is 0.245 e. The monoisotopic (exact) mass is 328 g/mol. The highest BCUT2D eigenvalue weighted by molar-refractivity contribution is 7.92. The Morgan fingerprint density at radius 1 is 1.43 bits per heavy atom. The summed E-state index contributed by atoms with van der Waals surface area (Å²) in [5.41, 5.74) is 6.22. The average Bonchev–Trinajstić information content (AvgIpc) is 2.38. The topological polar surface area (TPSA) is 89.3 Å². The zero-order valence-corrected chi connectivity index (χ0v) is 13.6. The van der Waals surface area contributed by atoms with E-state index in [9.17, 15) is 13.2 Å². The molecule has 1 rings (SSSR count). The summed E-state index contributed by atoms with van der Waals surface area (Å²) in [6, 6.07) is 4.83. The fourth-order valence-corrected chi connectivity index (χ4v) is 1.85. The van der Waals surface area contributed by atoms with Crippen LogP contribution < -0.4 is 11.1 Å². The number of sulfone groups is 1. The molecule has 0 saturated heterocycles. The van der Waals surface area contributed by atoms with Gasteiger partial charge in [0.25, 0.3) is 0 Å². The molecule has 0 saturated carbocycles. The third-order valence-corrected chi connectivity index (χ3v) is 5.39. The average molecular weight is 329 g/mol. The fraction of sp³-hybridized carbons (Fsp3) is 0.357. The van der Waals surface area contributed by atoms with Crippen LogP contribution in [0.5, 0.6) is 0 Å². The third-order valence-electron chi connectivity index (χ3n) is 3.02. The quantitative estimate of drug-likeness (QED) is 0.821. The van der Waals surface area contributed by atoms with Crippen molar-refractivity contribution in [1.29, 1.82) is 0 Å². The maximum Gasteiger partial charge on any atom is 0.245 e. The molecule has 1 amide bonds. The summed E-state index contributed by atoms with van der Waals surface area (Å²) < 4.78 is 21.7. The standard InChI is InChI=1S/C14H17ClN2O3S/c1-14(2,21(3,19)20)13(18)17-12-9-10(5-4-8-16)6-7-11(12)15/h6-7,9H,8,16H2,1-3H3,(H,17,18). The van der Waals surface area contributed by atoms with Gasteiger partial charge in [-0.25, -0.2) is 8.42 Å². The zero-order chi connectivity index (χ0) is 16.3. The molecule has 0 aromatic heterocycles. The van der Waals surface area contributed by atoms with Crippen molar-refractivity contribution in [2.75, 3.05) is 18.1 Å². The van der Waals surface area contributed by atoms with E-state index >= 15 is 0 Å². The van der Waals surface area contributed by atoms with Gasteiger partial charge in [0.1, 0.15) is 4.75 Å². The number of nitrogens with one attached hydrogen (secondary N) is 1. The normalized spacial score (nSPS) is 11.5. The summed E-state index contributed by atoms with van der Waals surface area (Å²) in [7, 11) is -3.56. The van der Waals surface area contributed by atoms with Crippen molar-refractivity contribution in [3.63, 3.8) is 0 Å². The van der Waals surface area contributed by atoms with E-state index in [2.05, 4.69) is 17.2 Å². The number of hydrogen-bond donors (Lipinski definition) is 2. The van der Waals surface area contributed by atoms with E-state index in [0.29, 0.717) is 16.3 Å². The third kappa shape index (κ3) is 4.21.